The van der Waals surface area contributed by atoms with Crippen molar-refractivity contribution in [2.24, 2.45) is 7.05 Å². The summed E-state index contributed by atoms with van der Waals surface area (Å²) < 4.78 is 7.64. The van der Waals surface area contributed by atoms with Crippen LogP contribution in [0.2, 0.25) is 0 Å². The number of carbonyl (C=O) groups excluding carboxylic acids is 1. The van der Waals surface area contributed by atoms with Crippen molar-refractivity contribution in [2.75, 3.05) is 5.43 Å². The first-order chi connectivity index (χ1) is 14.0. The summed E-state index contributed by atoms with van der Waals surface area (Å²) in [4.78, 5) is 13.0. The predicted molar refractivity (Wildman–Crippen MR) is 110 cm³/mol. The van der Waals surface area contributed by atoms with Crippen LogP contribution in [0.3, 0.4) is 0 Å². The van der Waals surface area contributed by atoms with Crippen LogP contribution in [-0.2, 0) is 18.3 Å². The number of para-hydroxylation sites is 1. The van der Waals surface area contributed by atoms with Crippen LogP contribution in [0.15, 0.2) is 54.6 Å². The third-order valence-corrected chi connectivity index (χ3v) is 4.58. The van der Waals surface area contributed by atoms with E-state index in [2.05, 4.69) is 22.0 Å². The van der Waals surface area contributed by atoms with Gasteiger partial charge in [0.15, 0.2) is 5.82 Å². The molecule has 2 aromatic carbocycles. The average molecular weight is 389 g/mol. The highest BCUT2D eigenvalue weighted by Crippen LogP contribution is 2.26. The van der Waals surface area contributed by atoms with Gasteiger partial charge in [-0.15, -0.1) is 0 Å². The molecule has 0 aliphatic rings. The molecule has 0 fully saturated rings. The highest BCUT2D eigenvalue weighted by Gasteiger charge is 2.24. The van der Waals surface area contributed by atoms with Crippen LogP contribution in [0, 0.1) is 18.3 Å². The van der Waals surface area contributed by atoms with Crippen LogP contribution in [0.5, 0.6) is 5.75 Å². The molecule has 29 heavy (non-hydrogen) atoms. The summed E-state index contributed by atoms with van der Waals surface area (Å²) in [6.07, 6.45) is -0.0755. The lowest BCUT2D eigenvalue weighted by Crippen LogP contribution is -2.37. The lowest BCUT2D eigenvalue weighted by Gasteiger charge is -2.21. The summed E-state index contributed by atoms with van der Waals surface area (Å²) >= 11 is 0. The molecular formula is C22H23N5O2. The number of ether oxygens (including phenoxy) is 1. The number of hydrogen-bond donors (Lipinski definition) is 2. The molecule has 0 aliphatic carbocycles. The van der Waals surface area contributed by atoms with Crippen molar-refractivity contribution in [3.63, 3.8) is 0 Å². The monoisotopic (exact) mass is 389 g/mol. The van der Waals surface area contributed by atoms with Crippen molar-refractivity contribution < 1.29 is 9.53 Å². The zero-order chi connectivity index (χ0) is 20.8. The van der Waals surface area contributed by atoms with Crippen LogP contribution >= 0.6 is 0 Å². The molecule has 148 valence electrons. The van der Waals surface area contributed by atoms with Crippen LogP contribution in [0.25, 0.3) is 0 Å². The number of aromatic nitrogens is 2. The van der Waals surface area contributed by atoms with Gasteiger partial charge in [-0.3, -0.25) is 20.3 Å². The Hall–Kier alpha value is -3.79. The number of anilines is 1. The van der Waals surface area contributed by atoms with E-state index in [1.165, 1.54) is 4.68 Å². The van der Waals surface area contributed by atoms with Gasteiger partial charge in [0, 0.05) is 12.6 Å². The van der Waals surface area contributed by atoms with Crippen LogP contribution in [-0.4, -0.2) is 15.7 Å². The van der Waals surface area contributed by atoms with Crippen molar-refractivity contribution in [3.05, 3.63) is 77.0 Å². The van der Waals surface area contributed by atoms with Gasteiger partial charge in [-0.05, 0) is 25.0 Å². The Labute approximate surface area is 169 Å². The smallest absolute Gasteiger partial charge is 0.284 e. The van der Waals surface area contributed by atoms with Gasteiger partial charge in [0.2, 0.25) is 6.10 Å². The Morgan fingerprint density at radius 1 is 1.21 bits per heavy atom. The van der Waals surface area contributed by atoms with Crippen LogP contribution in [0.1, 0.15) is 35.4 Å². The zero-order valence-electron chi connectivity index (χ0n) is 16.6. The Morgan fingerprint density at radius 3 is 2.59 bits per heavy atom. The summed E-state index contributed by atoms with van der Waals surface area (Å²) in [5.74, 6) is 0.692. The summed E-state index contributed by atoms with van der Waals surface area (Å²) in [6.45, 7) is 3.78. The Bertz CT molecular complexity index is 1040. The first kappa shape index (κ1) is 20.0. The number of amides is 1. The molecule has 1 unspecified atom stereocenters. The van der Waals surface area contributed by atoms with Crippen LogP contribution in [0.4, 0.5) is 5.82 Å². The molecule has 0 radical (unpaired) electrons. The first-order valence-corrected chi connectivity index (χ1v) is 9.34. The van der Waals surface area contributed by atoms with E-state index in [1.54, 1.807) is 14.0 Å². The number of hydrogen-bond acceptors (Lipinski definition) is 5. The van der Waals surface area contributed by atoms with Crippen molar-refractivity contribution in [1.29, 1.82) is 5.26 Å². The minimum Gasteiger partial charge on any atom is -0.475 e. The fourth-order valence-electron chi connectivity index (χ4n) is 3.06. The molecule has 0 bridgehead atoms. The molecule has 1 heterocycles. The normalized spacial score (nSPS) is 11.4. The summed E-state index contributed by atoms with van der Waals surface area (Å²) in [7, 11) is 1.70. The second-order valence-electron chi connectivity index (χ2n) is 6.53. The zero-order valence-corrected chi connectivity index (χ0v) is 16.6. The van der Waals surface area contributed by atoms with E-state index in [1.807, 2.05) is 61.5 Å². The van der Waals surface area contributed by atoms with Crippen molar-refractivity contribution >= 4 is 11.7 Å². The third kappa shape index (κ3) is 4.38. The number of nitriles is 1. The Morgan fingerprint density at radius 2 is 1.90 bits per heavy atom. The molecule has 1 atom stereocenters. The fourth-order valence-corrected chi connectivity index (χ4v) is 3.06. The van der Waals surface area contributed by atoms with E-state index < -0.39 is 6.10 Å². The van der Waals surface area contributed by atoms with E-state index in [0.29, 0.717) is 22.8 Å². The number of aryl methyl sites for hydroxylation is 3. The van der Waals surface area contributed by atoms with Gasteiger partial charge in [0.05, 0.1) is 5.69 Å². The maximum absolute atomic E-state index is 13.0. The molecule has 1 amide bonds. The standard InChI is InChI=1S/C22H23N5O2/c1-4-16-10-8-9-13-19(16)29-20(17-11-6-5-7-12-17)22(28)25-24-21-18(14-23)15(2)26-27(21)3/h5-13,20,24H,4H2,1-3H3,(H,25,28). The highest BCUT2D eigenvalue weighted by atomic mass is 16.5. The predicted octanol–water partition coefficient (Wildman–Crippen LogP) is 3.43. The van der Waals surface area contributed by atoms with Crippen molar-refractivity contribution in [2.45, 2.75) is 26.4 Å². The molecular weight excluding hydrogens is 366 g/mol. The molecule has 3 rings (SSSR count). The number of nitrogens with zero attached hydrogens (tertiary/aromatic N) is 3. The highest BCUT2D eigenvalue weighted by molar-refractivity contribution is 5.83. The number of benzene rings is 2. The van der Waals surface area contributed by atoms with Gasteiger partial charge in [0.1, 0.15) is 17.4 Å². The number of hydrazine groups is 1. The number of carbonyl (C=O) groups is 1. The minimum absolute atomic E-state index is 0.376. The minimum atomic E-state index is -0.865. The van der Waals surface area contributed by atoms with Gasteiger partial charge in [-0.1, -0.05) is 55.5 Å². The average Bonchev–Trinajstić information content (AvgIpc) is 3.03. The lowest BCUT2D eigenvalue weighted by molar-refractivity contribution is -0.127. The van der Waals surface area contributed by atoms with Crippen LogP contribution < -0.4 is 15.6 Å². The number of nitrogens with one attached hydrogen (secondary N) is 2. The Kier molecular flexibility index (Phi) is 6.15. The van der Waals surface area contributed by atoms with E-state index in [9.17, 15) is 10.1 Å². The molecule has 3 aromatic rings. The second-order valence-corrected chi connectivity index (χ2v) is 6.53. The molecule has 0 saturated heterocycles. The van der Waals surface area contributed by atoms with Gasteiger partial charge >= 0.3 is 0 Å². The molecule has 7 nitrogen and oxygen atoms in total. The van der Waals surface area contributed by atoms with E-state index in [-0.39, 0.29) is 5.91 Å². The van der Waals surface area contributed by atoms with E-state index in [0.717, 1.165) is 17.5 Å². The van der Waals surface area contributed by atoms with Gasteiger partial charge in [-0.25, -0.2) is 0 Å². The Balaban J connectivity index is 1.85. The largest absolute Gasteiger partial charge is 0.475 e. The molecule has 7 heteroatoms. The van der Waals surface area contributed by atoms with Crippen molar-refractivity contribution in [3.8, 4) is 11.8 Å². The quantitative estimate of drug-likeness (QED) is 0.604. The van der Waals surface area contributed by atoms with Gasteiger partial charge in [0.25, 0.3) is 5.91 Å². The SMILES string of the molecule is CCc1ccccc1OC(C(=O)NNc1c(C#N)c(C)nn1C)c1ccccc1. The molecule has 0 spiro atoms. The van der Waals surface area contributed by atoms with E-state index >= 15 is 0 Å². The first-order valence-electron chi connectivity index (χ1n) is 9.34. The maximum Gasteiger partial charge on any atom is 0.284 e. The molecule has 0 aliphatic heterocycles. The molecule has 2 N–H and O–H groups in total. The maximum atomic E-state index is 13.0. The lowest BCUT2D eigenvalue weighted by atomic mass is 10.1. The molecule has 1 aromatic heterocycles. The van der Waals surface area contributed by atoms with E-state index in [4.69, 9.17) is 4.74 Å². The number of rotatable bonds is 7. The summed E-state index contributed by atoms with van der Waals surface area (Å²) in [5, 5.41) is 13.5. The van der Waals surface area contributed by atoms with Crippen molar-refractivity contribution in [1.82, 2.24) is 15.2 Å². The van der Waals surface area contributed by atoms with Gasteiger partial charge in [-0.2, -0.15) is 10.4 Å². The fraction of sp³-hybridized carbons (Fsp3) is 0.227. The van der Waals surface area contributed by atoms with Gasteiger partial charge < -0.3 is 4.74 Å². The third-order valence-electron chi connectivity index (χ3n) is 4.58. The topological polar surface area (TPSA) is 92.0 Å². The summed E-state index contributed by atoms with van der Waals surface area (Å²) in [5.41, 5.74) is 8.17. The second kappa shape index (κ2) is 8.93. The summed E-state index contributed by atoms with van der Waals surface area (Å²) in [6, 6.07) is 19.0. The molecule has 0 saturated carbocycles.